The van der Waals surface area contributed by atoms with Crippen LogP contribution in [0.2, 0.25) is 10.0 Å². The van der Waals surface area contributed by atoms with E-state index >= 15 is 0 Å². The number of benzene rings is 1. The summed E-state index contributed by atoms with van der Waals surface area (Å²) in [6.07, 6.45) is 2.15. The second kappa shape index (κ2) is 4.78. The highest BCUT2D eigenvalue weighted by Crippen LogP contribution is 2.31. The number of aliphatic hydroxyl groups is 1. The Labute approximate surface area is 103 Å². The number of aromatic nitrogens is 2. The van der Waals surface area contributed by atoms with Gasteiger partial charge in [0.05, 0.1) is 10.0 Å². The standard InChI is InChI=1S/C11H8Cl2N2O/c12-8-4-1-3-7(9(8)13)10(16)11-14-5-2-6-15-11/h1-6,10,16H. The van der Waals surface area contributed by atoms with Crippen LogP contribution in [0.5, 0.6) is 0 Å². The SMILES string of the molecule is OC(c1ncccn1)c1cccc(Cl)c1Cl. The highest BCUT2D eigenvalue weighted by Gasteiger charge is 2.17. The lowest BCUT2D eigenvalue weighted by molar-refractivity contribution is 0.210. The molecule has 0 saturated heterocycles. The molecule has 0 aliphatic rings. The fourth-order valence-corrected chi connectivity index (χ4v) is 1.73. The maximum Gasteiger partial charge on any atom is 0.161 e. The van der Waals surface area contributed by atoms with Gasteiger partial charge in [0.15, 0.2) is 5.82 Å². The van der Waals surface area contributed by atoms with Crippen LogP contribution in [0.4, 0.5) is 0 Å². The molecular weight excluding hydrogens is 247 g/mol. The maximum absolute atomic E-state index is 10.0. The zero-order chi connectivity index (χ0) is 11.5. The summed E-state index contributed by atoms with van der Waals surface area (Å²) in [6.45, 7) is 0. The Morgan fingerprint density at radius 3 is 2.44 bits per heavy atom. The highest BCUT2D eigenvalue weighted by atomic mass is 35.5. The van der Waals surface area contributed by atoms with Crippen molar-refractivity contribution < 1.29 is 5.11 Å². The van der Waals surface area contributed by atoms with Crippen molar-refractivity contribution in [3.63, 3.8) is 0 Å². The Morgan fingerprint density at radius 2 is 1.75 bits per heavy atom. The van der Waals surface area contributed by atoms with Gasteiger partial charge in [-0.25, -0.2) is 9.97 Å². The molecule has 2 aromatic rings. The van der Waals surface area contributed by atoms with E-state index in [1.807, 2.05) is 0 Å². The second-order valence-electron chi connectivity index (χ2n) is 3.15. The fraction of sp³-hybridized carbons (Fsp3) is 0.0909. The molecule has 1 heterocycles. The van der Waals surface area contributed by atoms with Gasteiger partial charge in [0.1, 0.15) is 6.10 Å². The third kappa shape index (κ3) is 2.16. The zero-order valence-electron chi connectivity index (χ0n) is 8.14. The van der Waals surface area contributed by atoms with Gasteiger partial charge in [-0.1, -0.05) is 35.3 Å². The van der Waals surface area contributed by atoms with E-state index < -0.39 is 6.10 Å². The first kappa shape index (κ1) is 11.3. The van der Waals surface area contributed by atoms with E-state index in [2.05, 4.69) is 9.97 Å². The minimum Gasteiger partial charge on any atom is -0.380 e. The molecule has 1 aromatic heterocycles. The van der Waals surface area contributed by atoms with Gasteiger partial charge in [-0.15, -0.1) is 0 Å². The first-order valence-corrected chi connectivity index (χ1v) is 5.34. The summed E-state index contributed by atoms with van der Waals surface area (Å²) < 4.78 is 0. The highest BCUT2D eigenvalue weighted by molar-refractivity contribution is 6.42. The van der Waals surface area contributed by atoms with Gasteiger partial charge in [-0.2, -0.15) is 0 Å². The Kier molecular flexibility index (Phi) is 3.39. The lowest BCUT2D eigenvalue weighted by Gasteiger charge is -2.11. The van der Waals surface area contributed by atoms with Crippen LogP contribution in [0.3, 0.4) is 0 Å². The molecule has 1 unspecified atom stereocenters. The minimum absolute atomic E-state index is 0.298. The minimum atomic E-state index is -0.965. The van der Waals surface area contributed by atoms with Crippen LogP contribution in [0.15, 0.2) is 36.7 Å². The van der Waals surface area contributed by atoms with Crippen molar-refractivity contribution in [2.24, 2.45) is 0 Å². The van der Waals surface area contributed by atoms with E-state index in [0.29, 0.717) is 21.4 Å². The Hall–Kier alpha value is -1.16. The van der Waals surface area contributed by atoms with Gasteiger partial charge in [0.2, 0.25) is 0 Å². The van der Waals surface area contributed by atoms with Crippen molar-refractivity contribution in [3.8, 4) is 0 Å². The second-order valence-corrected chi connectivity index (χ2v) is 3.94. The molecule has 2 rings (SSSR count). The normalized spacial score (nSPS) is 12.4. The number of aliphatic hydroxyl groups excluding tert-OH is 1. The summed E-state index contributed by atoms with van der Waals surface area (Å²) >= 11 is 11.9. The van der Waals surface area contributed by atoms with Crippen molar-refractivity contribution in [1.29, 1.82) is 0 Å². The van der Waals surface area contributed by atoms with Crippen molar-refractivity contribution in [1.82, 2.24) is 9.97 Å². The van der Waals surface area contributed by atoms with E-state index in [-0.39, 0.29) is 0 Å². The molecule has 0 radical (unpaired) electrons. The Balaban J connectivity index is 2.42. The van der Waals surface area contributed by atoms with E-state index in [1.165, 1.54) is 0 Å². The number of halogens is 2. The topological polar surface area (TPSA) is 46.0 Å². The van der Waals surface area contributed by atoms with Gasteiger partial charge >= 0.3 is 0 Å². The van der Waals surface area contributed by atoms with Crippen molar-refractivity contribution in [2.75, 3.05) is 0 Å². The monoisotopic (exact) mass is 254 g/mol. The molecule has 0 amide bonds. The summed E-state index contributed by atoms with van der Waals surface area (Å²) in [5.74, 6) is 0.298. The van der Waals surface area contributed by atoms with Crippen LogP contribution >= 0.6 is 23.2 Å². The lowest BCUT2D eigenvalue weighted by Crippen LogP contribution is -2.05. The predicted molar refractivity (Wildman–Crippen MR) is 62.6 cm³/mol. The number of hydrogen-bond acceptors (Lipinski definition) is 3. The number of rotatable bonds is 2. The average Bonchev–Trinajstić information content (AvgIpc) is 2.33. The molecule has 0 aliphatic carbocycles. The van der Waals surface area contributed by atoms with Crippen molar-refractivity contribution >= 4 is 23.2 Å². The lowest BCUT2D eigenvalue weighted by atomic mass is 10.1. The molecule has 1 N–H and O–H groups in total. The molecular formula is C11H8Cl2N2O. The first-order valence-electron chi connectivity index (χ1n) is 4.59. The molecule has 5 heteroatoms. The maximum atomic E-state index is 10.0. The van der Waals surface area contributed by atoms with E-state index in [0.717, 1.165) is 0 Å². The summed E-state index contributed by atoms with van der Waals surface area (Å²) in [5.41, 5.74) is 0.500. The molecule has 0 bridgehead atoms. The first-order chi connectivity index (χ1) is 7.70. The Morgan fingerprint density at radius 1 is 1.06 bits per heavy atom. The fourth-order valence-electron chi connectivity index (χ4n) is 1.32. The average molecular weight is 255 g/mol. The molecule has 82 valence electrons. The number of nitrogens with zero attached hydrogens (tertiary/aromatic N) is 2. The van der Waals surface area contributed by atoms with Gasteiger partial charge in [0.25, 0.3) is 0 Å². The van der Waals surface area contributed by atoms with Crippen LogP contribution < -0.4 is 0 Å². The van der Waals surface area contributed by atoms with Crippen LogP contribution in [-0.4, -0.2) is 15.1 Å². The van der Waals surface area contributed by atoms with Crippen molar-refractivity contribution in [3.05, 3.63) is 58.1 Å². The summed E-state index contributed by atoms with van der Waals surface area (Å²) in [7, 11) is 0. The summed E-state index contributed by atoms with van der Waals surface area (Å²) in [5, 5.41) is 10.7. The molecule has 1 atom stereocenters. The molecule has 0 saturated carbocycles. The summed E-state index contributed by atoms with van der Waals surface area (Å²) in [4.78, 5) is 7.93. The van der Waals surface area contributed by atoms with Gasteiger partial charge in [-0.05, 0) is 12.1 Å². The van der Waals surface area contributed by atoms with Crippen LogP contribution in [0, 0.1) is 0 Å². The molecule has 1 aromatic carbocycles. The van der Waals surface area contributed by atoms with Gasteiger partial charge < -0.3 is 5.11 Å². The van der Waals surface area contributed by atoms with Gasteiger partial charge in [0, 0.05) is 18.0 Å². The van der Waals surface area contributed by atoms with E-state index in [1.54, 1.807) is 36.7 Å². The van der Waals surface area contributed by atoms with E-state index in [4.69, 9.17) is 23.2 Å². The largest absolute Gasteiger partial charge is 0.380 e. The molecule has 0 aliphatic heterocycles. The van der Waals surface area contributed by atoms with E-state index in [9.17, 15) is 5.11 Å². The van der Waals surface area contributed by atoms with Crippen LogP contribution in [0.1, 0.15) is 17.5 Å². The van der Waals surface area contributed by atoms with Gasteiger partial charge in [-0.3, -0.25) is 0 Å². The van der Waals surface area contributed by atoms with Crippen molar-refractivity contribution in [2.45, 2.75) is 6.10 Å². The summed E-state index contributed by atoms with van der Waals surface area (Å²) in [6, 6.07) is 6.74. The third-order valence-electron chi connectivity index (χ3n) is 2.11. The van der Waals surface area contributed by atoms with Crippen LogP contribution in [-0.2, 0) is 0 Å². The molecule has 0 spiro atoms. The molecule has 3 nitrogen and oxygen atoms in total. The predicted octanol–water partition coefficient (Wildman–Crippen LogP) is 2.87. The molecule has 0 fully saturated rings. The number of hydrogen-bond donors (Lipinski definition) is 1. The Bertz CT molecular complexity index is 491. The molecule has 16 heavy (non-hydrogen) atoms. The smallest absolute Gasteiger partial charge is 0.161 e. The van der Waals surface area contributed by atoms with Crippen LogP contribution in [0.25, 0.3) is 0 Å². The zero-order valence-corrected chi connectivity index (χ0v) is 9.65. The third-order valence-corrected chi connectivity index (χ3v) is 2.94. The quantitative estimate of drug-likeness (QED) is 0.897.